The number of aromatic nitrogens is 1. The quantitative estimate of drug-likeness (QED) is 0.612. The number of carbonyl (C=O) groups excluding carboxylic acids is 1. The first kappa shape index (κ1) is 19.3. The number of rotatable bonds is 5. The molecular weight excluding hydrogens is 435 g/mol. The van der Waals surface area contributed by atoms with Crippen LogP contribution >= 0.6 is 45.9 Å². The maximum absolute atomic E-state index is 12.2. The van der Waals surface area contributed by atoms with Crippen LogP contribution in [0.25, 0.3) is 11.3 Å². The molecule has 2 aromatic heterocycles. The minimum atomic E-state index is -3.25. The lowest BCUT2D eigenvalue weighted by molar-refractivity contribution is -0.115. The summed E-state index contributed by atoms with van der Waals surface area (Å²) in [6.07, 6.45) is 1.26. The lowest BCUT2D eigenvalue weighted by Crippen LogP contribution is -2.14. The van der Waals surface area contributed by atoms with Crippen LogP contribution in [0.15, 0.2) is 40.6 Å². The van der Waals surface area contributed by atoms with Gasteiger partial charge in [0, 0.05) is 17.2 Å². The van der Waals surface area contributed by atoms with Gasteiger partial charge in [-0.25, -0.2) is 13.4 Å². The van der Waals surface area contributed by atoms with E-state index in [0.717, 1.165) is 11.8 Å². The molecule has 26 heavy (non-hydrogen) atoms. The number of sulfone groups is 1. The fourth-order valence-corrected chi connectivity index (χ4v) is 5.01. The molecule has 3 aromatic rings. The first-order valence-corrected chi connectivity index (χ1v) is 11.6. The summed E-state index contributed by atoms with van der Waals surface area (Å²) in [4.78, 5) is 16.7. The number of thiazole rings is 1. The number of thiophene rings is 1. The Morgan fingerprint density at radius 2 is 1.92 bits per heavy atom. The summed E-state index contributed by atoms with van der Waals surface area (Å²) < 4.78 is 24.0. The summed E-state index contributed by atoms with van der Waals surface area (Å²) in [5, 5.41) is 4.98. The Kier molecular flexibility index (Phi) is 5.69. The molecule has 10 heteroatoms. The molecule has 0 unspecified atom stereocenters. The van der Waals surface area contributed by atoms with E-state index < -0.39 is 9.84 Å². The molecule has 0 spiro atoms. The van der Waals surface area contributed by atoms with E-state index in [-0.39, 0.29) is 17.2 Å². The fourth-order valence-electron chi connectivity index (χ4n) is 2.17. The highest BCUT2D eigenvalue weighted by Crippen LogP contribution is 2.38. The average Bonchev–Trinajstić information content (AvgIpc) is 3.12. The Hall–Kier alpha value is -1.45. The van der Waals surface area contributed by atoms with Crippen molar-refractivity contribution in [3.63, 3.8) is 0 Å². The zero-order valence-electron chi connectivity index (χ0n) is 13.3. The van der Waals surface area contributed by atoms with E-state index >= 15 is 0 Å². The van der Waals surface area contributed by atoms with Crippen LogP contribution in [0, 0.1) is 0 Å². The van der Waals surface area contributed by atoms with E-state index in [1.807, 2.05) is 0 Å². The maximum Gasteiger partial charge on any atom is 0.230 e. The number of anilines is 1. The molecular formula is C16H12Cl2N2O3S3. The lowest BCUT2D eigenvalue weighted by atomic mass is 10.1. The molecule has 0 saturated carbocycles. The lowest BCUT2D eigenvalue weighted by Gasteiger charge is -2.03. The normalized spacial score (nSPS) is 11.5. The predicted molar refractivity (Wildman–Crippen MR) is 107 cm³/mol. The van der Waals surface area contributed by atoms with Crippen LogP contribution in [0.1, 0.15) is 5.56 Å². The van der Waals surface area contributed by atoms with Crippen molar-refractivity contribution >= 4 is 66.8 Å². The molecule has 0 fully saturated rings. The number of benzene rings is 1. The summed E-state index contributed by atoms with van der Waals surface area (Å²) in [5.41, 5.74) is 2.09. The third kappa shape index (κ3) is 4.63. The second-order valence-electron chi connectivity index (χ2n) is 5.42. The predicted octanol–water partition coefficient (Wildman–Crippen LogP) is 4.76. The molecule has 2 heterocycles. The summed E-state index contributed by atoms with van der Waals surface area (Å²) in [6, 6.07) is 7.95. The standard InChI is InChI=1S/C16H12Cl2N2O3S3/c1-26(22,23)10-4-2-9(3-5-10)6-14(21)20-16-19-12(8-24-16)11-7-13(17)25-15(11)18/h2-5,7-8H,6H2,1H3,(H,19,20,21). The molecule has 1 aromatic carbocycles. The molecule has 1 amide bonds. The highest BCUT2D eigenvalue weighted by atomic mass is 35.5. The van der Waals surface area contributed by atoms with Gasteiger partial charge in [0.1, 0.15) is 4.34 Å². The molecule has 0 aliphatic carbocycles. The zero-order chi connectivity index (χ0) is 18.9. The molecule has 0 radical (unpaired) electrons. The molecule has 0 aliphatic heterocycles. The number of halogens is 2. The van der Waals surface area contributed by atoms with E-state index in [2.05, 4.69) is 10.3 Å². The number of carbonyl (C=O) groups is 1. The van der Waals surface area contributed by atoms with Gasteiger partial charge in [0.15, 0.2) is 15.0 Å². The molecule has 0 bridgehead atoms. The largest absolute Gasteiger partial charge is 0.302 e. The summed E-state index contributed by atoms with van der Waals surface area (Å²) in [7, 11) is -3.25. The Labute approximate surface area is 168 Å². The third-order valence-corrected chi connectivity index (χ3v) is 6.77. The molecule has 3 rings (SSSR count). The van der Waals surface area contributed by atoms with Gasteiger partial charge in [0.2, 0.25) is 5.91 Å². The first-order chi connectivity index (χ1) is 12.2. The van der Waals surface area contributed by atoms with Gasteiger partial charge < -0.3 is 5.32 Å². The van der Waals surface area contributed by atoms with Crippen LogP contribution in [-0.4, -0.2) is 25.6 Å². The Bertz CT molecular complexity index is 1060. The fraction of sp³-hybridized carbons (Fsp3) is 0.125. The minimum absolute atomic E-state index is 0.115. The molecule has 136 valence electrons. The van der Waals surface area contributed by atoms with E-state index in [4.69, 9.17) is 23.2 Å². The van der Waals surface area contributed by atoms with Crippen molar-refractivity contribution in [2.75, 3.05) is 11.6 Å². The topological polar surface area (TPSA) is 76.1 Å². The highest BCUT2D eigenvalue weighted by Gasteiger charge is 2.14. The van der Waals surface area contributed by atoms with Crippen molar-refractivity contribution in [3.8, 4) is 11.3 Å². The molecule has 0 atom stereocenters. The van der Waals surface area contributed by atoms with Crippen molar-refractivity contribution in [1.82, 2.24) is 4.98 Å². The van der Waals surface area contributed by atoms with Crippen LogP contribution in [0.4, 0.5) is 5.13 Å². The number of nitrogens with zero attached hydrogens (tertiary/aromatic N) is 1. The Balaban J connectivity index is 1.66. The van der Waals surface area contributed by atoms with Crippen molar-refractivity contribution in [2.24, 2.45) is 0 Å². The van der Waals surface area contributed by atoms with Gasteiger partial charge in [-0.05, 0) is 23.8 Å². The van der Waals surface area contributed by atoms with Crippen molar-refractivity contribution in [1.29, 1.82) is 0 Å². The number of hydrogen-bond donors (Lipinski definition) is 1. The number of amides is 1. The first-order valence-electron chi connectivity index (χ1n) is 7.22. The third-order valence-electron chi connectivity index (χ3n) is 3.40. The summed E-state index contributed by atoms with van der Waals surface area (Å²) >= 11 is 14.6. The molecule has 1 N–H and O–H groups in total. The maximum atomic E-state index is 12.2. The smallest absolute Gasteiger partial charge is 0.230 e. The second kappa shape index (κ2) is 7.66. The van der Waals surface area contributed by atoms with Gasteiger partial charge >= 0.3 is 0 Å². The van der Waals surface area contributed by atoms with Gasteiger partial charge in [0.25, 0.3) is 0 Å². The van der Waals surface area contributed by atoms with Crippen molar-refractivity contribution in [3.05, 3.63) is 49.9 Å². The Morgan fingerprint density at radius 3 is 2.50 bits per heavy atom. The van der Waals surface area contributed by atoms with Crippen LogP contribution in [0.3, 0.4) is 0 Å². The van der Waals surface area contributed by atoms with Gasteiger partial charge in [-0.2, -0.15) is 0 Å². The molecule has 0 saturated heterocycles. The van der Waals surface area contributed by atoms with Crippen LogP contribution in [0.2, 0.25) is 8.67 Å². The van der Waals surface area contributed by atoms with Gasteiger partial charge in [0.05, 0.1) is 21.3 Å². The summed E-state index contributed by atoms with van der Waals surface area (Å²) in [6.45, 7) is 0. The second-order valence-corrected chi connectivity index (χ2v) is 10.6. The van der Waals surface area contributed by atoms with Crippen LogP contribution in [-0.2, 0) is 21.1 Å². The Morgan fingerprint density at radius 1 is 1.23 bits per heavy atom. The average molecular weight is 447 g/mol. The molecule has 0 aliphatic rings. The van der Waals surface area contributed by atoms with E-state index in [1.54, 1.807) is 23.6 Å². The monoisotopic (exact) mass is 446 g/mol. The van der Waals surface area contributed by atoms with E-state index in [1.165, 1.54) is 34.8 Å². The van der Waals surface area contributed by atoms with Crippen LogP contribution < -0.4 is 5.32 Å². The summed E-state index contributed by atoms with van der Waals surface area (Å²) in [5.74, 6) is -0.243. The number of hydrogen-bond acceptors (Lipinski definition) is 6. The zero-order valence-corrected chi connectivity index (χ0v) is 17.3. The SMILES string of the molecule is CS(=O)(=O)c1ccc(CC(=O)Nc2nc(-c3cc(Cl)sc3Cl)cs2)cc1. The van der Waals surface area contributed by atoms with E-state index in [0.29, 0.717) is 25.1 Å². The van der Waals surface area contributed by atoms with Gasteiger partial charge in [-0.1, -0.05) is 35.3 Å². The molecule has 5 nitrogen and oxygen atoms in total. The van der Waals surface area contributed by atoms with Gasteiger partial charge in [-0.15, -0.1) is 22.7 Å². The number of nitrogens with one attached hydrogen (secondary N) is 1. The van der Waals surface area contributed by atoms with Crippen LogP contribution in [0.5, 0.6) is 0 Å². The van der Waals surface area contributed by atoms with Crippen molar-refractivity contribution in [2.45, 2.75) is 11.3 Å². The highest BCUT2D eigenvalue weighted by molar-refractivity contribution is 7.90. The minimum Gasteiger partial charge on any atom is -0.302 e. The van der Waals surface area contributed by atoms with Gasteiger partial charge in [-0.3, -0.25) is 4.79 Å². The van der Waals surface area contributed by atoms with E-state index in [9.17, 15) is 13.2 Å². The van der Waals surface area contributed by atoms with Crippen molar-refractivity contribution < 1.29 is 13.2 Å².